The fourth-order valence-corrected chi connectivity index (χ4v) is 4.98. The second kappa shape index (κ2) is 7.88. The van der Waals surface area contributed by atoms with Crippen molar-refractivity contribution in [3.05, 3.63) is 58.6 Å². The molecule has 0 aliphatic carbocycles. The molecule has 2 aromatic rings. The highest BCUT2D eigenvalue weighted by Gasteiger charge is 2.31. The molecule has 2 aromatic carbocycles. The predicted octanol–water partition coefficient (Wildman–Crippen LogP) is 2.80. The number of ether oxygens (including phenoxy) is 1. The summed E-state index contributed by atoms with van der Waals surface area (Å²) in [4.78, 5) is 14.5. The third-order valence-corrected chi connectivity index (χ3v) is 7.13. The molecule has 1 aliphatic heterocycles. The molecule has 0 spiro atoms. The van der Waals surface area contributed by atoms with Crippen molar-refractivity contribution in [1.82, 2.24) is 9.21 Å². The van der Waals surface area contributed by atoms with Gasteiger partial charge in [-0.3, -0.25) is 4.79 Å². The number of amides is 1. The molecule has 1 amide bonds. The van der Waals surface area contributed by atoms with Gasteiger partial charge in [-0.25, -0.2) is 8.42 Å². The average molecular weight is 409 g/mol. The Morgan fingerprint density at radius 1 is 1.07 bits per heavy atom. The van der Waals surface area contributed by atoms with E-state index >= 15 is 0 Å². The van der Waals surface area contributed by atoms with Gasteiger partial charge in [0.1, 0.15) is 5.75 Å². The molecular formula is C19H21ClN2O4S. The van der Waals surface area contributed by atoms with E-state index in [1.807, 2.05) is 0 Å². The van der Waals surface area contributed by atoms with E-state index in [0.29, 0.717) is 35.0 Å². The maximum atomic E-state index is 12.9. The lowest BCUT2D eigenvalue weighted by atomic mass is 10.1. The van der Waals surface area contributed by atoms with E-state index in [1.165, 1.54) is 4.31 Å². The molecule has 0 atom stereocenters. The minimum atomic E-state index is -3.65. The number of carbonyl (C=O) groups is 1. The zero-order valence-corrected chi connectivity index (χ0v) is 16.8. The number of carbonyl (C=O) groups excluding carboxylic acids is 1. The fraction of sp³-hybridized carbons (Fsp3) is 0.316. The van der Waals surface area contributed by atoms with Crippen molar-refractivity contribution in [2.24, 2.45) is 0 Å². The third kappa shape index (κ3) is 3.95. The van der Waals surface area contributed by atoms with Gasteiger partial charge in [-0.2, -0.15) is 4.31 Å². The summed E-state index contributed by atoms with van der Waals surface area (Å²) < 4.78 is 32.4. The first-order valence-corrected chi connectivity index (χ1v) is 10.3. The fourth-order valence-electron chi connectivity index (χ4n) is 3.08. The smallest absolute Gasteiger partial charge is 0.254 e. The summed E-state index contributed by atoms with van der Waals surface area (Å²) in [6.07, 6.45) is 0. The van der Waals surface area contributed by atoms with E-state index < -0.39 is 10.0 Å². The lowest BCUT2D eigenvalue weighted by Crippen LogP contribution is -2.50. The molecule has 6 nitrogen and oxygen atoms in total. The molecule has 0 unspecified atom stereocenters. The predicted molar refractivity (Wildman–Crippen MR) is 104 cm³/mol. The van der Waals surface area contributed by atoms with Gasteiger partial charge in [0.2, 0.25) is 10.0 Å². The van der Waals surface area contributed by atoms with Crippen LogP contribution in [0, 0.1) is 6.92 Å². The Bertz CT molecular complexity index is 954. The zero-order chi connectivity index (χ0) is 19.6. The van der Waals surface area contributed by atoms with Gasteiger partial charge in [0.15, 0.2) is 0 Å². The minimum absolute atomic E-state index is 0.134. The van der Waals surface area contributed by atoms with Gasteiger partial charge in [-0.1, -0.05) is 23.7 Å². The van der Waals surface area contributed by atoms with Crippen LogP contribution in [0.5, 0.6) is 5.75 Å². The monoisotopic (exact) mass is 408 g/mol. The first-order chi connectivity index (χ1) is 12.8. The maximum Gasteiger partial charge on any atom is 0.254 e. The minimum Gasteiger partial charge on any atom is -0.497 e. The van der Waals surface area contributed by atoms with Crippen LogP contribution in [0.3, 0.4) is 0 Å². The van der Waals surface area contributed by atoms with Gasteiger partial charge in [-0.15, -0.1) is 0 Å². The highest BCUT2D eigenvalue weighted by molar-refractivity contribution is 7.89. The number of hydrogen-bond donors (Lipinski definition) is 0. The average Bonchev–Trinajstić information content (AvgIpc) is 2.69. The van der Waals surface area contributed by atoms with Crippen LogP contribution in [-0.4, -0.2) is 56.8 Å². The maximum absolute atomic E-state index is 12.9. The third-order valence-electron chi connectivity index (χ3n) is 4.68. The number of piperazine rings is 1. The molecule has 3 rings (SSSR count). The number of methoxy groups -OCH3 is 1. The highest BCUT2D eigenvalue weighted by atomic mass is 35.5. The SMILES string of the molecule is COc1cccc(C(=O)N2CCN(S(=O)(=O)c3cccc(Cl)c3C)CC2)c1. The van der Waals surface area contributed by atoms with Crippen molar-refractivity contribution in [2.45, 2.75) is 11.8 Å². The number of nitrogens with zero attached hydrogens (tertiary/aromatic N) is 2. The molecule has 1 aliphatic rings. The molecule has 27 heavy (non-hydrogen) atoms. The van der Waals surface area contributed by atoms with Crippen LogP contribution < -0.4 is 4.74 Å². The summed E-state index contributed by atoms with van der Waals surface area (Å²) in [5, 5.41) is 0.419. The number of halogens is 1. The standard InChI is InChI=1S/C19H21ClN2O4S/c1-14-17(20)7-4-8-18(14)27(24,25)22-11-9-21(10-12-22)19(23)15-5-3-6-16(13-15)26-2/h3-8,13H,9-12H2,1-2H3. The molecular weight excluding hydrogens is 388 g/mol. The largest absolute Gasteiger partial charge is 0.497 e. The van der Waals surface area contributed by atoms with Crippen LogP contribution in [0.2, 0.25) is 5.02 Å². The van der Waals surface area contributed by atoms with Crippen molar-refractivity contribution in [3.63, 3.8) is 0 Å². The number of hydrogen-bond acceptors (Lipinski definition) is 4. The van der Waals surface area contributed by atoms with Crippen LogP contribution in [0.15, 0.2) is 47.4 Å². The Balaban J connectivity index is 1.73. The van der Waals surface area contributed by atoms with Crippen LogP contribution in [0.1, 0.15) is 15.9 Å². The first kappa shape index (κ1) is 19.7. The molecule has 144 valence electrons. The Hall–Kier alpha value is -2.09. The second-order valence-corrected chi connectivity index (χ2v) is 8.60. The summed E-state index contributed by atoms with van der Waals surface area (Å²) in [7, 11) is -2.10. The van der Waals surface area contributed by atoms with Crippen molar-refractivity contribution in [2.75, 3.05) is 33.3 Å². The number of benzene rings is 2. The van der Waals surface area contributed by atoms with Gasteiger partial charge in [-0.05, 0) is 42.8 Å². The lowest BCUT2D eigenvalue weighted by molar-refractivity contribution is 0.0697. The van der Waals surface area contributed by atoms with Crippen molar-refractivity contribution >= 4 is 27.5 Å². The van der Waals surface area contributed by atoms with Crippen molar-refractivity contribution < 1.29 is 17.9 Å². The summed E-state index contributed by atoms with van der Waals surface area (Å²) in [5.41, 5.74) is 1.06. The van der Waals surface area contributed by atoms with Gasteiger partial charge in [0, 0.05) is 36.8 Å². The van der Waals surface area contributed by atoms with Gasteiger partial charge >= 0.3 is 0 Å². The van der Waals surface area contributed by atoms with E-state index in [0.717, 1.165) is 0 Å². The molecule has 0 saturated carbocycles. The first-order valence-electron chi connectivity index (χ1n) is 8.53. The summed E-state index contributed by atoms with van der Waals surface area (Å²) in [5.74, 6) is 0.475. The number of rotatable bonds is 4. The molecule has 0 aromatic heterocycles. The molecule has 1 saturated heterocycles. The topological polar surface area (TPSA) is 66.9 Å². The molecule has 1 fully saturated rings. The quantitative estimate of drug-likeness (QED) is 0.780. The van der Waals surface area contributed by atoms with E-state index in [1.54, 1.807) is 61.4 Å². The molecule has 0 radical (unpaired) electrons. The summed E-state index contributed by atoms with van der Waals surface area (Å²) in [6, 6.07) is 11.8. The molecule has 0 N–H and O–H groups in total. The van der Waals surface area contributed by atoms with Crippen molar-refractivity contribution in [1.29, 1.82) is 0 Å². The van der Waals surface area contributed by atoms with E-state index in [9.17, 15) is 13.2 Å². The van der Waals surface area contributed by atoms with E-state index in [2.05, 4.69) is 0 Å². The lowest BCUT2D eigenvalue weighted by Gasteiger charge is -2.34. The Kier molecular flexibility index (Phi) is 5.74. The second-order valence-electron chi connectivity index (χ2n) is 6.29. The number of sulfonamides is 1. The van der Waals surface area contributed by atoms with Gasteiger partial charge in [0.25, 0.3) is 5.91 Å². The molecule has 1 heterocycles. The van der Waals surface area contributed by atoms with Gasteiger partial charge < -0.3 is 9.64 Å². The summed E-state index contributed by atoms with van der Waals surface area (Å²) >= 11 is 6.07. The van der Waals surface area contributed by atoms with Crippen LogP contribution >= 0.6 is 11.6 Å². The highest BCUT2D eigenvalue weighted by Crippen LogP contribution is 2.26. The Morgan fingerprint density at radius 2 is 1.74 bits per heavy atom. The van der Waals surface area contributed by atoms with Crippen LogP contribution in [0.4, 0.5) is 0 Å². The Labute approximate surface area is 164 Å². The van der Waals surface area contributed by atoms with Crippen LogP contribution in [-0.2, 0) is 10.0 Å². The molecule has 0 bridgehead atoms. The van der Waals surface area contributed by atoms with Crippen molar-refractivity contribution in [3.8, 4) is 5.75 Å². The normalized spacial score (nSPS) is 15.6. The zero-order valence-electron chi connectivity index (χ0n) is 15.2. The summed E-state index contributed by atoms with van der Waals surface area (Å²) in [6.45, 7) is 2.83. The van der Waals surface area contributed by atoms with E-state index in [4.69, 9.17) is 16.3 Å². The molecule has 8 heteroatoms. The Morgan fingerprint density at radius 3 is 2.41 bits per heavy atom. The van der Waals surface area contributed by atoms with Crippen LogP contribution in [0.25, 0.3) is 0 Å². The van der Waals surface area contributed by atoms with E-state index in [-0.39, 0.29) is 23.9 Å². The van der Waals surface area contributed by atoms with Gasteiger partial charge in [0.05, 0.1) is 12.0 Å².